The zero-order chi connectivity index (χ0) is 12.2. The number of hydrogen-bond acceptors (Lipinski definition) is 4. The summed E-state index contributed by atoms with van der Waals surface area (Å²) in [4.78, 5) is 11.5. The first kappa shape index (κ1) is 13.5. The van der Waals surface area contributed by atoms with Crippen LogP contribution in [-0.4, -0.2) is 30.8 Å². The number of ether oxygens (including phenoxy) is 2. The maximum atomic E-state index is 11.5. The molecular formula is C12H23NO3. The first-order chi connectivity index (χ1) is 7.53. The van der Waals surface area contributed by atoms with E-state index in [0.717, 1.165) is 19.3 Å². The molecule has 4 heteroatoms. The minimum Gasteiger partial charge on any atom is -0.464 e. The van der Waals surface area contributed by atoms with Gasteiger partial charge in [-0.05, 0) is 39.0 Å². The number of hydrogen-bond donors (Lipinski definition) is 1. The molecule has 1 saturated carbocycles. The number of rotatable bonds is 5. The molecule has 94 valence electrons. The van der Waals surface area contributed by atoms with Gasteiger partial charge in [0.15, 0.2) is 6.10 Å². The Morgan fingerprint density at radius 2 is 2.31 bits per heavy atom. The van der Waals surface area contributed by atoms with Gasteiger partial charge in [0.2, 0.25) is 0 Å². The van der Waals surface area contributed by atoms with Gasteiger partial charge in [0.1, 0.15) is 0 Å². The highest BCUT2D eigenvalue weighted by Gasteiger charge is 2.39. The average Bonchev–Trinajstić information content (AvgIpc) is 2.61. The summed E-state index contributed by atoms with van der Waals surface area (Å²) < 4.78 is 10.8. The Balaban J connectivity index is 2.53. The van der Waals surface area contributed by atoms with Crippen LogP contribution in [0.25, 0.3) is 0 Å². The molecule has 0 aromatic rings. The van der Waals surface area contributed by atoms with Gasteiger partial charge in [0.25, 0.3) is 0 Å². The summed E-state index contributed by atoms with van der Waals surface area (Å²) >= 11 is 0. The van der Waals surface area contributed by atoms with Gasteiger partial charge in [-0.2, -0.15) is 0 Å². The number of nitrogens with two attached hydrogens (primary N) is 1. The van der Waals surface area contributed by atoms with Crippen molar-refractivity contribution in [3.63, 3.8) is 0 Å². The highest BCUT2D eigenvalue weighted by molar-refractivity contribution is 5.74. The van der Waals surface area contributed by atoms with E-state index in [9.17, 15) is 4.79 Å². The lowest BCUT2D eigenvalue weighted by atomic mass is 10.0. The van der Waals surface area contributed by atoms with Crippen molar-refractivity contribution in [1.82, 2.24) is 0 Å². The molecule has 3 unspecified atom stereocenters. The third-order valence-corrected chi connectivity index (χ3v) is 3.23. The van der Waals surface area contributed by atoms with Crippen LogP contribution in [-0.2, 0) is 14.3 Å². The van der Waals surface area contributed by atoms with Crippen LogP contribution in [0.2, 0.25) is 0 Å². The summed E-state index contributed by atoms with van der Waals surface area (Å²) in [6.07, 6.45) is 2.47. The molecule has 1 fully saturated rings. The first-order valence-corrected chi connectivity index (χ1v) is 6.07. The van der Waals surface area contributed by atoms with Gasteiger partial charge in [-0.15, -0.1) is 0 Å². The van der Waals surface area contributed by atoms with Gasteiger partial charge >= 0.3 is 5.97 Å². The molecule has 0 aromatic heterocycles. The summed E-state index contributed by atoms with van der Waals surface area (Å²) in [7, 11) is 0. The highest BCUT2D eigenvalue weighted by atomic mass is 16.6. The monoisotopic (exact) mass is 229 g/mol. The van der Waals surface area contributed by atoms with E-state index < -0.39 is 6.10 Å². The predicted molar refractivity (Wildman–Crippen MR) is 62.0 cm³/mol. The van der Waals surface area contributed by atoms with Crippen molar-refractivity contribution in [3.8, 4) is 0 Å². The lowest BCUT2D eigenvalue weighted by Gasteiger charge is -2.30. The SMILES string of the molecule is CCOC(=O)C(C)OC1(CN)CCC(C)C1. The summed E-state index contributed by atoms with van der Waals surface area (Å²) in [5, 5.41) is 0. The van der Waals surface area contributed by atoms with Crippen molar-refractivity contribution in [2.24, 2.45) is 11.7 Å². The first-order valence-electron chi connectivity index (χ1n) is 6.07. The van der Waals surface area contributed by atoms with E-state index in [1.165, 1.54) is 0 Å². The molecule has 2 N–H and O–H groups in total. The van der Waals surface area contributed by atoms with E-state index >= 15 is 0 Å². The molecule has 0 aliphatic heterocycles. The van der Waals surface area contributed by atoms with E-state index in [-0.39, 0.29) is 11.6 Å². The Morgan fingerprint density at radius 3 is 2.75 bits per heavy atom. The third kappa shape index (κ3) is 3.19. The van der Waals surface area contributed by atoms with Crippen LogP contribution in [0.1, 0.15) is 40.0 Å². The van der Waals surface area contributed by atoms with E-state index in [1.807, 2.05) is 0 Å². The van der Waals surface area contributed by atoms with Gasteiger partial charge in [0, 0.05) is 6.54 Å². The number of carbonyl (C=O) groups excluding carboxylic acids is 1. The highest BCUT2D eigenvalue weighted by Crippen LogP contribution is 2.37. The molecule has 0 amide bonds. The average molecular weight is 229 g/mol. The van der Waals surface area contributed by atoms with Crippen molar-refractivity contribution < 1.29 is 14.3 Å². The Kier molecular flexibility index (Phi) is 4.74. The second-order valence-electron chi connectivity index (χ2n) is 4.75. The van der Waals surface area contributed by atoms with Gasteiger partial charge in [-0.25, -0.2) is 4.79 Å². The van der Waals surface area contributed by atoms with Crippen LogP contribution >= 0.6 is 0 Å². The standard InChI is InChI=1S/C12H23NO3/c1-4-15-11(14)10(3)16-12(8-13)6-5-9(2)7-12/h9-10H,4-8,13H2,1-3H3. The van der Waals surface area contributed by atoms with Crippen LogP contribution in [0.15, 0.2) is 0 Å². The van der Waals surface area contributed by atoms with Crippen molar-refractivity contribution in [3.05, 3.63) is 0 Å². The van der Waals surface area contributed by atoms with Crippen molar-refractivity contribution in [1.29, 1.82) is 0 Å². The number of carbonyl (C=O) groups is 1. The fourth-order valence-corrected chi connectivity index (χ4v) is 2.37. The van der Waals surface area contributed by atoms with Gasteiger partial charge < -0.3 is 15.2 Å². The minimum absolute atomic E-state index is 0.296. The molecule has 16 heavy (non-hydrogen) atoms. The smallest absolute Gasteiger partial charge is 0.334 e. The minimum atomic E-state index is -0.520. The molecule has 0 heterocycles. The Hall–Kier alpha value is -0.610. The Morgan fingerprint density at radius 1 is 1.62 bits per heavy atom. The quantitative estimate of drug-likeness (QED) is 0.725. The van der Waals surface area contributed by atoms with Gasteiger partial charge in [0.05, 0.1) is 12.2 Å². The molecule has 1 rings (SSSR count). The Bertz CT molecular complexity index is 244. The topological polar surface area (TPSA) is 61.5 Å². The maximum Gasteiger partial charge on any atom is 0.334 e. The molecule has 3 atom stereocenters. The molecule has 0 aromatic carbocycles. The van der Waals surface area contributed by atoms with Crippen LogP contribution in [0.5, 0.6) is 0 Å². The van der Waals surface area contributed by atoms with E-state index in [2.05, 4.69) is 6.92 Å². The summed E-state index contributed by atoms with van der Waals surface area (Å²) in [5.41, 5.74) is 5.46. The summed E-state index contributed by atoms with van der Waals surface area (Å²) in [6, 6.07) is 0. The fraction of sp³-hybridized carbons (Fsp3) is 0.917. The van der Waals surface area contributed by atoms with Crippen molar-refractivity contribution in [2.45, 2.75) is 51.7 Å². The number of esters is 1. The molecule has 0 saturated heterocycles. The lowest BCUT2D eigenvalue weighted by Crippen LogP contribution is -2.43. The normalized spacial score (nSPS) is 31.4. The predicted octanol–water partition coefficient (Wildman–Crippen LogP) is 1.47. The van der Waals surface area contributed by atoms with Crippen molar-refractivity contribution >= 4 is 5.97 Å². The molecule has 0 radical (unpaired) electrons. The zero-order valence-electron chi connectivity index (χ0n) is 10.5. The molecule has 1 aliphatic rings. The van der Waals surface area contributed by atoms with Gasteiger partial charge in [-0.1, -0.05) is 6.92 Å². The van der Waals surface area contributed by atoms with Crippen molar-refractivity contribution in [2.75, 3.05) is 13.2 Å². The molecule has 0 bridgehead atoms. The van der Waals surface area contributed by atoms with Crippen LogP contribution in [0, 0.1) is 5.92 Å². The fourth-order valence-electron chi connectivity index (χ4n) is 2.37. The second-order valence-corrected chi connectivity index (χ2v) is 4.75. The summed E-state index contributed by atoms with van der Waals surface area (Å²) in [6.45, 7) is 6.58. The van der Waals surface area contributed by atoms with E-state index in [4.69, 9.17) is 15.2 Å². The summed E-state index contributed by atoms with van der Waals surface area (Å²) in [5.74, 6) is 0.327. The second kappa shape index (κ2) is 5.64. The third-order valence-electron chi connectivity index (χ3n) is 3.23. The van der Waals surface area contributed by atoms with E-state index in [1.54, 1.807) is 13.8 Å². The molecule has 4 nitrogen and oxygen atoms in total. The van der Waals surface area contributed by atoms with Crippen LogP contribution in [0.3, 0.4) is 0 Å². The maximum absolute atomic E-state index is 11.5. The zero-order valence-corrected chi connectivity index (χ0v) is 10.5. The van der Waals surface area contributed by atoms with Crippen LogP contribution < -0.4 is 5.73 Å². The molecule has 0 spiro atoms. The van der Waals surface area contributed by atoms with E-state index in [0.29, 0.717) is 19.1 Å². The lowest BCUT2D eigenvalue weighted by molar-refractivity contribution is -0.167. The van der Waals surface area contributed by atoms with Gasteiger partial charge in [-0.3, -0.25) is 0 Å². The molecular weight excluding hydrogens is 206 g/mol. The molecule has 1 aliphatic carbocycles. The Labute approximate surface area is 97.5 Å². The van der Waals surface area contributed by atoms with Crippen LogP contribution in [0.4, 0.5) is 0 Å². The largest absolute Gasteiger partial charge is 0.464 e.